The lowest BCUT2D eigenvalue weighted by Crippen LogP contribution is -2.47. The Bertz CT molecular complexity index is 1040. The van der Waals surface area contributed by atoms with Crippen LogP contribution in [0.4, 0.5) is 5.69 Å². The van der Waals surface area contributed by atoms with Crippen LogP contribution in [0.15, 0.2) is 35.0 Å². The molecule has 2 aromatic rings. The molecular weight excluding hydrogens is 484 g/mol. The summed E-state index contributed by atoms with van der Waals surface area (Å²) in [7, 11) is 1.51. The van der Waals surface area contributed by atoms with Gasteiger partial charge < -0.3 is 25.6 Å². The first kappa shape index (κ1) is 25.5. The minimum atomic E-state index is -0.188. The van der Waals surface area contributed by atoms with Crippen molar-refractivity contribution in [3.63, 3.8) is 0 Å². The number of piperidine rings is 2. The number of nitrogen functional groups attached to an aromatic ring is 1. The van der Waals surface area contributed by atoms with Crippen LogP contribution in [0.2, 0.25) is 5.02 Å². The van der Waals surface area contributed by atoms with E-state index in [1.165, 1.54) is 7.11 Å². The van der Waals surface area contributed by atoms with E-state index in [9.17, 15) is 9.59 Å². The van der Waals surface area contributed by atoms with Crippen molar-refractivity contribution in [1.29, 1.82) is 0 Å². The van der Waals surface area contributed by atoms with Gasteiger partial charge in [-0.1, -0.05) is 11.6 Å². The summed E-state index contributed by atoms with van der Waals surface area (Å²) < 4.78 is 5.31. The second-order valence-corrected chi connectivity index (χ2v) is 10.5. The van der Waals surface area contributed by atoms with Gasteiger partial charge in [-0.25, -0.2) is 0 Å². The predicted octanol–water partition coefficient (Wildman–Crippen LogP) is 4.14. The van der Waals surface area contributed by atoms with E-state index in [2.05, 4.69) is 10.2 Å². The molecule has 4 rings (SSSR count). The standard InChI is InChI=1S/C26H33ClN4O3S/c1-34-24-15-23(28)22(27)14-21(24)26(33)29-20-6-9-30(10-7-20)16-18-4-11-31(12-5-18)25(32)3-2-19-8-13-35-17-19/h2-3,8,13-15,17-18,20H,4-7,9-12,16,28H2,1H3,(H,29,33)/b3-2+. The van der Waals surface area contributed by atoms with Crippen molar-refractivity contribution in [1.82, 2.24) is 15.1 Å². The van der Waals surface area contributed by atoms with Crippen molar-refractivity contribution in [2.24, 2.45) is 5.92 Å². The molecule has 0 aliphatic carbocycles. The largest absolute Gasteiger partial charge is 0.496 e. The van der Waals surface area contributed by atoms with Crippen molar-refractivity contribution in [2.45, 2.75) is 31.7 Å². The molecule has 35 heavy (non-hydrogen) atoms. The van der Waals surface area contributed by atoms with Crippen LogP contribution in [0, 0.1) is 5.92 Å². The third-order valence-corrected chi connectivity index (χ3v) is 7.92. The van der Waals surface area contributed by atoms with E-state index in [1.807, 2.05) is 27.8 Å². The van der Waals surface area contributed by atoms with E-state index in [0.29, 0.717) is 27.9 Å². The molecule has 0 bridgehead atoms. The molecule has 0 unspecified atom stereocenters. The Balaban J connectivity index is 1.19. The Labute approximate surface area is 215 Å². The molecule has 1 aromatic carbocycles. The predicted molar refractivity (Wildman–Crippen MR) is 142 cm³/mol. The molecule has 9 heteroatoms. The summed E-state index contributed by atoms with van der Waals surface area (Å²) in [5.74, 6) is 0.943. The number of thiophene rings is 1. The van der Waals surface area contributed by atoms with Crippen LogP contribution in [-0.2, 0) is 4.79 Å². The third kappa shape index (κ3) is 6.78. The second kappa shape index (κ2) is 11.9. The van der Waals surface area contributed by atoms with E-state index in [0.717, 1.165) is 64.0 Å². The molecule has 7 nitrogen and oxygen atoms in total. The molecule has 2 aliphatic rings. The van der Waals surface area contributed by atoms with Gasteiger partial charge in [-0.3, -0.25) is 9.59 Å². The van der Waals surface area contributed by atoms with Gasteiger partial charge in [0, 0.05) is 50.9 Å². The van der Waals surface area contributed by atoms with Gasteiger partial charge in [0.1, 0.15) is 5.75 Å². The number of carbonyl (C=O) groups is 2. The number of carbonyl (C=O) groups excluding carboxylic acids is 2. The molecule has 1 aromatic heterocycles. The number of amides is 2. The Morgan fingerprint density at radius 2 is 1.94 bits per heavy atom. The molecule has 3 heterocycles. The molecular formula is C26H33ClN4O3S. The minimum absolute atomic E-state index is 0.102. The van der Waals surface area contributed by atoms with Crippen LogP contribution < -0.4 is 15.8 Å². The number of likely N-dealkylation sites (tertiary alicyclic amines) is 2. The Hall–Kier alpha value is -2.55. The Morgan fingerprint density at radius 1 is 1.20 bits per heavy atom. The first-order chi connectivity index (χ1) is 16.9. The number of nitrogens with one attached hydrogen (secondary N) is 1. The zero-order valence-corrected chi connectivity index (χ0v) is 21.6. The van der Waals surface area contributed by atoms with Crippen molar-refractivity contribution < 1.29 is 14.3 Å². The smallest absolute Gasteiger partial charge is 0.255 e. The molecule has 2 saturated heterocycles. The van der Waals surface area contributed by atoms with Gasteiger partial charge in [-0.05, 0) is 66.1 Å². The summed E-state index contributed by atoms with van der Waals surface area (Å²) in [5, 5.41) is 7.52. The second-order valence-electron chi connectivity index (χ2n) is 9.28. The number of rotatable bonds is 7. The lowest BCUT2D eigenvalue weighted by Gasteiger charge is -2.37. The van der Waals surface area contributed by atoms with Crippen LogP contribution >= 0.6 is 22.9 Å². The fraction of sp³-hybridized carbons (Fsp3) is 0.462. The summed E-state index contributed by atoms with van der Waals surface area (Å²) in [6, 6.07) is 5.28. The SMILES string of the molecule is COc1cc(N)c(Cl)cc1C(=O)NC1CCN(CC2CCN(C(=O)/C=C/c3ccsc3)CC2)CC1. The number of halogens is 1. The average molecular weight is 517 g/mol. The number of anilines is 1. The van der Waals surface area contributed by atoms with Gasteiger partial charge >= 0.3 is 0 Å². The normalized spacial score (nSPS) is 18.2. The van der Waals surface area contributed by atoms with Crippen molar-refractivity contribution in [2.75, 3.05) is 45.6 Å². The molecule has 0 spiro atoms. The maximum absolute atomic E-state index is 12.8. The maximum atomic E-state index is 12.8. The number of ether oxygens (including phenoxy) is 1. The third-order valence-electron chi connectivity index (χ3n) is 6.89. The molecule has 2 amide bonds. The van der Waals surface area contributed by atoms with Gasteiger partial charge in [0.25, 0.3) is 5.91 Å². The monoisotopic (exact) mass is 516 g/mol. The molecule has 2 fully saturated rings. The fourth-order valence-electron chi connectivity index (χ4n) is 4.78. The van der Waals surface area contributed by atoms with E-state index >= 15 is 0 Å². The highest BCUT2D eigenvalue weighted by Gasteiger charge is 2.27. The van der Waals surface area contributed by atoms with E-state index in [-0.39, 0.29) is 17.9 Å². The first-order valence-electron chi connectivity index (χ1n) is 12.1. The average Bonchev–Trinajstić information content (AvgIpc) is 3.39. The highest BCUT2D eigenvalue weighted by molar-refractivity contribution is 7.08. The van der Waals surface area contributed by atoms with E-state index in [4.69, 9.17) is 22.1 Å². The zero-order chi connectivity index (χ0) is 24.8. The molecule has 3 N–H and O–H groups in total. The Kier molecular flexibility index (Phi) is 8.70. The van der Waals surface area contributed by atoms with Gasteiger partial charge in [-0.2, -0.15) is 11.3 Å². The van der Waals surface area contributed by atoms with Crippen LogP contribution in [0.3, 0.4) is 0 Å². The number of nitrogens with zero attached hydrogens (tertiary/aromatic N) is 2. The molecule has 2 aliphatic heterocycles. The van der Waals surface area contributed by atoms with Crippen LogP contribution in [0.5, 0.6) is 5.75 Å². The van der Waals surface area contributed by atoms with Gasteiger partial charge in [0.05, 0.1) is 23.4 Å². The van der Waals surface area contributed by atoms with Crippen molar-refractivity contribution >= 4 is 46.5 Å². The van der Waals surface area contributed by atoms with Gasteiger partial charge in [0.15, 0.2) is 0 Å². The topological polar surface area (TPSA) is 87.9 Å². The highest BCUT2D eigenvalue weighted by Crippen LogP contribution is 2.29. The lowest BCUT2D eigenvalue weighted by molar-refractivity contribution is -0.127. The Morgan fingerprint density at radius 3 is 2.60 bits per heavy atom. The van der Waals surface area contributed by atoms with Crippen LogP contribution in [-0.4, -0.2) is 67.5 Å². The molecule has 0 saturated carbocycles. The summed E-state index contributed by atoms with van der Waals surface area (Å²) >= 11 is 7.74. The number of hydrogen-bond acceptors (Lipinski definition) is 6. The zero-order valence-electron chi connectivity index (χ0n) is 20.0. The van der Waals surface area contributed by atoms with Crippen molar-refractivity contribution in [3.8, 4) is 5.75 Å². The maximum Gasteiger partial charge on any atom is 0.255 e. The molecule has 188 valence electrons. The van der Waals surface area contributed by atoms with Crippen LogP contribution in [0.1, 0.15) is 41.6 Å². The first-order valence-corrected chi connectivity index (χ1v) is 13.4. The van der Waals surface area contributed by atoms with E-state index < -0.39 is 0 Å². The van der Waals surface area contributed by atoms with E-state index in [1.54, 1.807) is 29.5 Å². The quantitative estimate of drug-likeness (QED) is 0.426. The number of benzene rings is 1. The summed E-state index contributed by atoms with van der Waals surface area (Å²) in [4.78, 5) is 29.7. The molecule has 0 atom stereocenters. The summed E-state index contributed by atoms with van der Waals surface area (Å²) in [6.45, 7) is 4.58. The lowest BCUT2D eigenvalue weighted by atomic mass is 9.94. The minimum Gasteiger partial charge on any atom is -0.496 e. The highest BCUT2D eigenvalue weighted by atomic mass is 35.5. The molecule has 0 radical (unpaired) electrons. The fourth-order valence-corrected chi connectivity index (χ4v) is 5.57. The van der Waals surface area contributed by atoms with Gasteiger partial charge in [-0.15, -0.1) is 0 Å². The number of hydrogen-bond donors (Lipinski definition) is 2. The summed E-state index contributed by atoms with van der Waals surface area (Å²) in [6.07, 6.45) is 7.46. The summed E-state index contributed by atoms with van der Waals surface area (Å²) in [5.41, 5.74) is 7.69. The van der Waals surface area contributed by atoms with Crippen molar-refractivity contribution in [3.05, 3.63) is 51.2 Å². The number of methoxy groups -OCH3 is 1. The van der Waals surface area contributed by atoms with Gasteiger partial charge in [0.2, 0.25) is 5.91 Å². The number of nitrogens with two attached hydrogens (primary N) is 1. The van der Waals surface area contributed by atoms with Crippen LogP contribution in [0.25, 0.3) is 6.08 Å².